The molecule has 4 atom stereocenters. The molecule has 0 saturated heterocycles. The fourth-order valence-electron chi connectivity index (χ4n) is 2.39. The van der Waals surface area contributed by atoms with Gasteiger partial charge in [-0.05, 0) is 26.2 Å². The fourth-order valence-corrected chi connectivity index (χ4v) is 2.39. The van der Waals surface area contributed by atoms with Crippen molar-refractivity contribution >= 4 is 0 Å². The number of nitrogens with one attached hydrogen (secondary N) is 1. The summed E-state index contributed by atoms with van der Waals surface area (Å²) in [4.78, 5) is 0. The topological polar surface area (TPSA) is 39.7 Å². The van der Waals surface area contributed by atoms with Crippen LogP contribution >= 0.6 is 0 Å². The zero-order valence-electron chi connectivity index (χ0n) is 12.4. The number of hydrogen-bond acceptors (Lipinski definition) is 4. The molecule has 1 aliphatic rings. The summed E-state index contributed by atoms with van der Waals surface area (Å²) < 4.78 is 16.7. The minimum Gasteiger partial charge on any atom is -0.380 e. The van der Waals surface area contributed by atoms with Crippen LogP contribution < -0.4 is 5.32 Å². The van der Waals surface area contributed by atoms with E-state index in [0.29, 0.717) is 18.0 Å². The summed E-state index contributed by atoms with van der Waals surface area (Å²) in [5.41, 5.74) is 0. The molecule has 1 rings (SSSR count). The van der Waals surface area contributed by atoms with E-state index in [2.05, 4.69) is 19.2 Å². The molecule has 108 valence electrons. The van der Waals surface area contributed by atoms with E-state index >= 15 is 0 Å². The summed E-state index contributed by atoms with van der Waals surface area (Å²) in [6.07, 6.45) is 1.45. The Kier molecular flexibility index (Phi) is 7.15. The molecule has 0 aliphatic heterocycles. The lowest BCUT2D eigenvalue weighted by Gasteiger charge is -2.45. The third-order valence-corrected chi connectivity index (χ3v) is 3.64. The van der Waals surface area contributed by atoms with Crippen LogP contribution in [-0.4, -0.2) is 51.2 Å². The molecule has 4 unspecified atom stereocenters. The standard InChI is InChI=1S/C14H29NO3/c1-6-17-9-12(10(3)4)15-11-8-13(18-7-2)14(11)16-5/h10-15H,6-9H2,1-5H3. The van der Waals surface area contributed by atoms with Crippen LogP contribution in [0, 0.1) is 5.92 Å². The molecule has 0 aromatic heterocycles. The molecule has 0 heterocycles. The van der Waals surface area contributed by atoms with Gasteiger partial charge in [-0.15, -0.1) is 0 Å². The van der Waals surface area contributed by atoms with Gasteiger partial charge in [0.1, 0.15) is 0 Å². The predicted octanol–water partition coefficient (Wildman–Crippen LogP) is 1.83. The van der Waals surface area contributed by atoms with Gasteiger partial charge in [0.2, 0.25) is 0 Å². The van der Waals surface area contributed by atoms with E-state index in [1.807, 2.05) is 13.8 Å². The van der Waals surface area contributed by atoms with Gasteiger partial charge in [-0.25, -0.2) is 0 Å². The predicted molar refractivity (Wildman–Crippen MR) is 72.9 cm³/mol. The Morgan fingerprint density at radius 2 is 1.94 bits per heavy atom. The minimum atomic E-state index is 0.174. The summed E-state index contributed by atoms with van der Waals surface area (Å²) in [6.45, 7) is 10.8. The molecular formula is C14H29NO3. The van der Waals surface area contributed by atoms with Crippen LogP contribution in [0.5, 0.6) is 0 Å². The first-order valence-electron chi connectivity index (χ1n) is 7.12. The Hall–Kier alpha value is -0.160. The van der Waals surface area contributed by atoms with Crippen LogP contribution in [0.1, 0.15) is 34.1 Å². The molecule has 4 heteroatoms. The zero-order chi connectivity index (χ0) is 13.5. The van der Waals surface area contributed by atoms with Gasteiger partial charge in [0.15, 0.2) is 0 Å². The Morgan fingerprint density at radius 1 is 1.22 bits per heavy atom. The Balaban J connectivity index is 2.40. The summed E-state index contributed by atoms with van der Waals surface area (Å²) in [6, 6.07) is 0.773. The molecule has 1 N–H and O–H groups in total. The smallest absolute Gasteiger partial charge is 0.0986 e. The van der Waals surface area contributed by atoms with Gasteiger partial charge >= 0.3 is 0 Å². The van der Waals surface area contributed by atoms with Crippen LogP contribution in [0.4, 0.5) is 0 Å². The van der Waals surface area contributed by atoms with Gasteiger partial charge < -0.3 is 19.5 Å². The molecule has 0 amide bonds. The van der Waals surface area contributed by atoms with Crippen molar-refractivity contribution in [2.45, 2.75) is 58.4 Å². The maximum atomic E-state index is 5.64. The molecule has 1 aliphatic carbocycles. The van der Waals surface area contributed by atoms with Crippen molar-refractivity contribution in [3.63, 3.8) is 0 Å². The number of rotatable bonds is 9. The third-order valence-electron chi connectivity index (χ3n) is 3.64. The Bertz CT molecular complexity index is 223. The van der Waals surface area contributed by atoms with E-state index in [9.17, 15) is 0 Å². The van der Waals surface area contributed by atoms with Gasteiger partial charge in [0, 0.05) is 32.4 Å². The molecule has 0 aromatic rings. The van der Waals surface area contributed by atoms with Gasteiger partial charge in [0.25, 0.3) is 0 Å². The summed E-state index contributed by atoms with van der Waals surface area (Å²) in [5.74, 6) is 0.556. The highest BCUT2D eigenvalue weighted by atomic mass is 16.5. The maximum Gasteiger partial charge on any atom is 0.0986 e. The lowest BCUT2D eigenvalue weighted by Crippen LogP contribution is -2.63. The van der Waals surface area contributed by atoms with Crippen molar-refractivity contribution in [3.8, 4) is 0 Å². The summed E-state index contributed by atoms with van der Waals surface area (Å²) in [7, 11) is 1.76. The number of methoxy groups -OCH3 is 1. The SMILES string of the molecule is CCOCC(NC1CC(OCC)C1OC)C(C)C. The molecule has 1 saturated carbocycles. The highest BCUT2D eigenvalue weighted by Gasteiger charge is 2.43. The van der Waals surface area contributed by atoms with Gasteiger partial charge in [0.05, 0.1) is 18.8 Å². The van der Waals surface area contributed by atoms with Crippen LogP contribution in [0.25, 0.3) is 0 Å². The van der Waals surface area contributed by atoms with E-state index in [4.69, 9.17) is 14.2 Å². The largest absolute Gasteiger partial charge is 0.380 e. The average molecular weight is 259 g/mol. The van der Waals surface area contributed by atoms with Crippen LogP contribution in [0.3, 0.4) is 0 Å². The van der Waals surface area contributed by atoms with Crippen LogP contribution in [0.15, 0.2) is 0 Å². The van der Waals surface area contributed by atoms with Crippen LogP contribution in [-0.2, 0) is 14.2 Å². The first-order chi connectivity index (χ1) is 8.63. The first-order valence-corrected chi connectivity index (χ1v) is 7.12. The monoisotopic (exact) mass is 259 g/mol. The highest BCUT2D eigenvalue weighted by Crippen LogP contribution is 2.27. The first kappa shape index (κ1) is 15.9. The third kappa shape index (κ3) is 4.19. The van der Waals surface area contributed by atoms with Crippen molar-refractivity contribution in [2.75, 3.05) is 26.9 Å². The van der Waals surface area contributed by atoms with Crippen molar-refractivity contribution in [3.05, 3.63) is 0 Å². The zero-order valence-corrected chi connectivity index (χ0v) is 12.4. The van der Waals surface area contributed by atoms with Crippen molar-refractivity contribution < 1.29 is 14.2 Å². The Morgan fingerprint density at radius 3 is 2.44 bits per heavy atom. The summed E-state index contributed by atoms with van der Waals surface area (Å²) in [5, 5.41) is 3.65. The second kappa shape index (κ2) is 8.10. The number of ether oxygens (including phenoxy) is 3. The molecule has 0 radical (unpaired) electrons. The van der Waals surface area contributed by atoms with E-state index in [-0.39, 0.29) is 12.2 Å². The van der Waals surface area contributed by atoms with E-state index in [1.165, 1.54) is 0 Å². The maximum absolute atomic E-state index is 5.64. The van der Waals surface area contributed by atoms with E-state index in [0.717, 1.165) is 26.2 Å². The molecule has 18 heavy (non-hydrogen) atoms. The second-order valence-corrected chi connectivity index (χ2v) is 5.21. The lowest BCUT2D eigenvalue weighted by atomic mass is 9.84. The fraction of sp³-hybridized carbons (Fsp3) is 1.00. The highest BCUT2D eigenvalue weighted by molar-refractivity contribution is 4.98. The minimum absolute atomic E-state index is 0.174. The second-order valence-electron chi connectivity index (χ2n) is 5.21. The van der Waals surface area contributed by atoms with Gasteiger partial charge in [-0.1, -0.05) is 13.8 Å². The summed E-state index contributed by atoms with van der Waals surface area (Å²) >= 11 is 0. The van der Waals surface area contributed by atoms with Gasteiger partial charge in [-0.3, -0.25) is 0 Å². The quantitative estimate of drug-likeness (QED) is 0.686. The Labute approximate surface area is 111 Å². The van der Waals surface area contributed by atoms with E-state index < -0.39 is 0 Å². The molecule has 1 fully saturated rings. The van der Waals surface area contributed by atoms with Crippen LogP contribution in [0.2, 0.25) is 0 Å². The average Bonchev–Trinajstić information content (AvgIpc) is 2.31. The van der Waals surface area contributed by atoms with Gasteiger partial charge in [-0.2, -0.15) is 0 Å². The normalized spacial score (nSPS) is 29.3. The van der Waals surface area contributed by atoms with E-state index in [1.54, 1.807) is 7.11 Å². The number of hydrogen-bond donors (Lipinski definition) is 1. The molecule has 0 spiro atoms. The molecule has 4 nitrogen and oxygen atoms in total. The molecule has 0 aromatic carbocycles. The van der Waals surface area contributed by atoms with Crippen molar-refractivity contribution in [1.82, 2.24) is 5.32 Å². The lowest BCUT2D eigenvalue weighted by molar-refractivity contribution is -0.135. The van der Waals surface area contributed by atoms with Crippen molar-refractivity contribution in [1.29, 1.82) is 0 Å². The van der Waals surface area contributed by atoms with Crippen molar-refractivity contribution in [2.24, 2.45) is 5.92 Å². The molecular weight excluding hydrogens is 230 g/mol. The molecule has 0 bridgehead atoms.